The first-order valence-electron chi connectivity index (χ1n) is 12.9. The molecule has 4 aromatic rings. The number of aromatic amines is 1. The number of aryl methyl sites for hydroxylation is 1. The lowest BCUT2D eigenvalue weighted by molar-refractivity contribution is -0.125. The number of carbonyl (C=O) groups is 2. The van der Waals surface area contributed by atoms with Gasteiger partial charge in [0.2, 0.25) is 5.91 Å². The molecule has 0 aliphatic rings. The van der Waals surface area contributed by atoms with Gasteiger partial charge in [-0.25, -0.2) is 0 Å². The number of nitrogens with zero attached hydrogens (tertiary/aromatic N) is 1. The van der Waals surface area contributed by atoms with Crippen molar-refractivity contribution >= 4 is 22.7 Å². The average molecular weight is 525 g/mol. The van der Waals surface area contributed by atoms with Crippen LogP contribution in [0.1, 0.15) is 23.1 Å². The molecule has 1 aromatic heterocycles. The zero-order valence-electron chi connectivity index (χ0n) is 21.9. The van der Waals surface area contributed by atoms with Gasteiger partial charge in [0.25, 0.3) is 5.91 Å². The van der Waals surface area contributed by atoms with Crippen molar-refractivity contribution in [2.75, 3.05) is 20.3 Å². The molecule has 1 atom stereocenters. The Kier molecular flexibility index (Phi) is 9.57. The molecule has 2 amide bonds. The summed E-state index contributed by atoms with van der Waals surface area (Å²) in [4.78, 5) is 28.8. The van der Waals surface area contributed by atoms with Crippen LogP contribution in [0.5, 0.6) is 11.5 Å². The third-order valence-corrected chi connectivity index (χ3v) is 6.44. The summed E-state index contributed by atoms with van der Waals surface area (Å²) in [6, 6.07) is 24.5. The van der Waals surface area contributed by atoms with Crippen LogP contribution in [0.25, 0.3) is 10.9 Å². The van der Waals surface area contributed by atoms with Crippen LogP contribution in [0.2, 0.25) is 0 Å². The third kappa shape index (κ3) is 7.86. The number of nitriles is 1. The molecular weight excluding hydrogens is 492 g/mol. The van der Waals surface area contributed by atoms with Crippen molar-refractivity contribution in [2.24, 2.45) is 0 Å². The van der Waals surface area contributed by atoms with E-state index < -0.39 is 0 Å². The molecule has 0 saturated heterocycles. The molecule has 0 aliphatic heterocycles. The highest BCUT2D eigenvalue weighted by Gasteiger charge is 2.17. The van der Waals surface area contributed by atoms with Crippen molar-refractivity contribution in [2.45, 2.75) is 31.7 Å². The average Bonchev–Trinajstić information content (AvgIpc) is 3.37. The van der Waals surface area contributed by atoms with E-state index in [9.17, 15) is 9.59 Å². The Balaban J connectivity index is 1.36. The van der Waals surface area contributed by atoms with Gasteiger partial charge in [-0.15, -0.1) is 0 Å². The van der Waals surface area contributed by atoms with Gasteiger partial charge < -0.3 is 25.1 Å². The van der Waals surface area contributed by atoms with Crippen LogP contribution < -0.4 is 20.1 Å². The first-order chi connectivity index (χ1) is 19.1. The molecule has 0 spiro atoms. The Hall–Kier alpha value is -4.77. The van der Waals surface area contributed by atoms with Gasteiger partial charge in [0.1, 0.15) is 11.5 Å². The number of aromatic nitrogens is 1. The number of hydrogen-bond donors (Lipinski definition) is 3. The fourth-order valence-corrected chi connectivity index (χ4v) is 4.44. The van der Waals surface area contributed by atoms with Crippen LogP contribution >= 0.6 is 0 Å². The van der Waals surface area contributed by atoms with Gasteiger partial charge in [-0.3, -0.25) is 9.59 Å². The maximum absolute atomic E-state index is 12.8. The molecule has 1 heterocycles. The monoisotopic (exact) mass is 524 g/mol. The van der Waals surface area contributed by atoms with Crippen LogP contribution in [-0.2, 0) is 28.9 Å². The largest absolute Gasteiger partial charge is 0.496 e. The molecule has 200 valence electrons. The van der Waals surface area contributed by atoms with Crippen molar-refractivity contribution in [3.63, 3.8) is 0 Å². The van der Waals surface area contributed by atoms with E-state index in [1.807, 2.05) is 54.7 Å². The van der Waals surface area contributed by atoms with Crippen molar-refractivity contribution in [1.29, 1.82) is 5.26 Å². The van der Waals surface area contributed by atoms with Crippen molar-refractivity contribution in [1.82, 2.24) is 15.6 Å². The molecule has 8 heteroatoms. The maximum atomic E-state index is 12.8. The van der Waals surface area contributed by atoms with Crippen LogP contribution in [0.15, 0.2) is 79.0 Å². The number of rotatable bonds is 13. The number of para-hydroxylation sites is 2. The number of hydrogen-bond acceptors (Lipinski definition) is 5. The van der Waals surface area contributed by atoms with Gasteiger partial charge >= 0.3 is 0 Å². The third-order valence-electron chi connectivity index (χ3n) is 6.44. The van der Waals surface area contributed by atoms with E-state index in [4.69, 9.17) is 14.7 Å². The highest BCUT2D eigenvalue weighted by Crippen LogP contribution is 2.20. The summed E-state index contributed by atoms with van der Waals surface area (Å²) in [6.07, 6.45) is 3.65. The lowest BCUT2D eigenvalue weighted by Gasteiger charge is -2.20. The second kappa shape index (κ2) is 13.7. The van der Waals surface area contributed by atoms with E-state index >= 15 is 0 Å². The smallest absolute Gasteiger partial charge is 0.258 e. The van der Waals surface area contributed by atoms with Crippen molar-refractivity contribution in [3.8, 4) is 17.6 Å². The zero-order valence-corrected chi connectivity index (χ0v) is 21.9. The minimum absolute atomic E-state index is 0.104. The van der Waals surface area contributed by atoms with E-state index in [-0.39, 0.29) is 31.0 Å². The van der Waals surface area contributed by atoms with Gasteiger partial charge in [-0.05, 0) is 53.8 Å². The first-order valence-corrected chi connectivity index (χ1v) is 12.9. The fourth-order valence-electron chi connectivity index (χ4n) is 4.44. The van der Waals surface area contributed by atoms with Crippen molar-refractivity contribution in [3.05, 3.63) is 95.7 Å². The quantitative estimate of drug-likeness (QED) is 0.244. The Morgan fingerprint density at radius 2 is 1.74 bits per heavy atom. The Morgan fingerprint density at radius 1 is 0.974 bits per heavy atom. The number of nitrogens with one attached hydrogen (secondary N) is 3. The van der Waals surface area contributed by atoms with E-state index in [0.29, 0.717) is 31.4 Å². The minimum Gasteiger partial charge on any atom is -0.496 e. The standard InChI is InChI=1S/C31H32N4O4/c1-38-29-9-5-2-6-23(29)12-15-30(36)34-20-25(18-24-19-33-28-8-4-3-7-27(24)28)35-31(37)21-39-26-13-10-22(11-14-26)16-17-32/h2-11,13-14,19,25,33H,12,15-16,18,20-21H2,1H3,(H,34,36)(H,35,37). The van der Waals surface area contributed by atoms with E-state index in [1.54, 1.807) is 31.4 Å². The van der Waals surface area contributed by atoms with Crippen molar-refractivity contribution < 1.29 is 19.1 Å². The molecule has 0 saturated carbocycles. The SMILES string of the molecule is COc1ccccc1CCC(=O)NCC(Cc1c[nH]c2ccccc12)NC(=O)COc1ccc(CC#N)cc1. The normalized spacial score (nSPS) is 11.4. The molecule has 1 unspecified atom stereocenters. The van der Waals surface area contributed by atoms with E-state index in [1.165, 1.54) is 0 Å². The van der Waals surface area contributed by atoms with Crippen LogP contribution in [-0.4, -0.2) is 43.1 Å². The zero-order chi connectivity index (χ0) is 27.5. The van der Waals surface area contributed by atoms with Crippen LogP contribution in [0.3, 0.4) is 0 Å². The molecule has 4 rings (SSSR count). The molecular formula is C31H32N4O4. The van der Waals surface area contributed by atoms with Gasteiger partial charge in [0.15, 0.2) is 6.61 Å². The number of amides is 2. The maximum Gasteiger partial charge on any atom is 0.258 e. The Labute approximate surface area is 227 Å². The summed E-state index contributed by atoms with van der Waals surface area (Å²) in [5.41, 5.74) is 3.92. The highest BCUT2D eigenvalue weighted by molar-refractivity contribution is 5.83. The predicted octanol–water partition coefficient (Wildman–Crippen LogP) is 4.10. The number of fused-ring (bicyclic) bond motifs is 1. The molecule has 0 aliphatic carbocycles. The second-order valence-corrected chi connectivity index (χ2v) is 9.21. The number of ether oxygens (including phenoxy) is 2. The van der Waals surface area contributed by atoms with Gasteiger partial charge in [0.05, 0.1) is 25.6 Å². The molecule has 0 fully saturated rings. The number of benzene rings is 3. The summed E-state index contributed by atoms with van der Waals surface area (Å²) in [5.74, 6) is 0.913. The molecule has 39 heavy (non-hydrogen) atoms. The van der Waals surface area contributed by atoms with Gasteiger partial charge in [-0.1, -0.05) is 48.5 Å². The summed E-state index contributed by atoms with van der Waals surface area (Å²) in [5, 5.41) is 15.9. The van der Waals surface area contributed by atoms with Gasteiger partial charge in [-0.2, -0.15) is 5.26 Å². The molecule has 0 radical (unpaired) electrons. The summed E-state index contributed by atoms with van der Waals surface area (Å²) >= 11 is 0. The summed E-state index contributed by atoms with van der Waals surface area (Å²) < 4.78 is 11.0. The topological polar surface area (TPSA) is 116 Å². The fraction of sp³-hybridized carbons (Fsp3) is 0.258. The highest BCUT2D eigenvalue weighted by atomic mass is 16.5. The second-order valence-electron chi connectivity index (χ2n) is 9.21. The van der Waals surface area contributed by atoms with Crippen LogP contribution in [0, 0.1) is 11.3 Å². The predicted molar refractivity (Wildman–Crippen MR) is 150 cm³/mol. The molecule has 0 bridgehead atoms. The molecule has 3 N–H and O–H groups in total. The Morgan fingerprint density at radius 3 is 2.54 bits per heavy atom. The number of methoxy groups -OCH3 is 1. The van der Waals surface area contributed by atoms with Crippen LogP contribution in [0.4, 0.5) is 0 Å². The lowest BCUT2D eigenvalue weighted by atomic mass is 10.0. The van der Waals surface area contributed by atoms with E-state index in [2.05, 4.69) is 21.7 Å². The first kappa shape index (κ1) is 27.3. The minimum atomic E-state index is -0.339. The van der Waals surface area contributed by atoms with Gasteiger partial charge in [0, 0.05) is 30.1 Å². The molecule has 3 aromatic carbocycles. The summed E-state index contributed by atoms with van der Waals surface area (Å²) in [7, 11) is 1.62. The molecule has 8 nitrogen and oxygen atoms in total. The van der Waals surface area contributed by atoms with E-state index in [0.717, 1.165) is 33.3 Å². The number of carbonyl (C=O) groups excluding carboxylic acids is 2. The number of H-pyrrole nitrogens is 1. The lowest BCUT2D eigenvalue weighted by Crippen LogP contribution is -2.46. The Bertz CT molecular complexity index is 1440. The summed E-state index contributed by atoms with van der Waals surface area (Å²) in [6.45, 7) is 0.114.